The molecule has 24 heavy (non-hydrogen) atoms. The average molecular weight is 331 g/mol. The summed E-state index contributed by atoms with van der Waals surface area (Å²) in [5.74, 6) is 0. The zero-order valence-electron chi connectivity index (χ0n) is 13.6. The summed E-state index contributed by atoms with van der Waals surface area (Å²) in [5, 5.41) is 3.64. The van der Waals surface area contributed by atoms with Crippen LogP contribution < -0.4 is 15.6 Å². The summed E-state index contributed by atoms with van der Waals surface area (Å²) in [4.78, 5) is 11.0. The third-order valence-corrected chi connectivity index (χ3v) is 9.59. The van der Waals surface area contributed by atoms with Gasteiger partial charge in [-0.15, -0.1) is 0 Å². The Bertz CT molecular complexity index is 676. The van der Waals surface area contributed by atoms with Gasteiger partial charge in [-0.1, -0.05) is 91.0 Å². The van der Waals surface area contributed by atoms with Crippen molar-refractivity contribution in [3.63, 3.8) is 0 Å². The lowest BCUT2D eigenvalue weighted by Gasteiger charge is -2.37. The lowest BCUT2D eigenvalue weighted by Crippen LogP contribution is -2.74. The smallest absolute Gasteiger partial charge is 0.417 e. The van der Waals surface area contributed by atoms with Crippen molar-refractivity contribution in [3.05, 3.63) is 91.0 Å². The Kier molecular flexibility index (Phi) is 4.92. The number of rotatable bonds is 6. The molecule has 0 aromatic heterocycles. The van der Waals surface area contributed by atoms with E-state index in [0.717, 1.165) is 0 Å². The molecule has 3 heteroatoms. The van der Waals surface area contributed by atoms with Crippen molar-refractivity contribution in [2.75, 3.05) is 0 Å². The van der Waals surface area contributed by atoms with Gasteiger partial charge in [0, 0.05) is 0 Å². The lowest BCUT2D eigenvalue weighted by atomic mass is 10.3. The molecular weight excluding hydrogens is 312 g/mol. The van der Waals surface area contributed by atoms with Crippen molar-refractivity contribution in [1.29, 1.82) is 0 Å². The molecule has 0 heterocycles. The quantitative estimate of drug-likeness (QED) is 0.511. The van der Waals surface area contributed by atoms with Crippen LogP contribution in [0.5, 0.6) is 0 Å². The lowest BCUT2D eigenvalue weighted by molar-refractivity contribution is 0.256. The van der Waals surface area contributed by atoms with Gasteiger partial charge in [0.15, 0.2) is 8.07 Å². The maximum absolute atomic E-state index is 11.0. The molecule has 0 N–H and O–H groups in total. The molecule has 0 aliphatic rings. The van der Waals surface area contributed by atoms with E-state index in [1.54, 1.807) is 6.47 Å². The first-order chi connectivity index (χ1) is 11.8. The molecule has 1 atom stereocenters. The molecule has 3 rings (SSSR count). The highest BCUT2D eigenvalue weighted by atomic mass is 28.3. The molecular formula is C21H19O2Si. The molecule has 0 aliphatic carbocycles. The van der Waals surface area contributed by atoms with Crippen LogP contribution in [-0.2, 0) is 9.53 Å². The van der Waals surface area contributed by atoms with Gasteiger partial charge in [0.2, 0.25) is 0 Å². The van der Waals surface area contributed by atoms with E-state index in [4.69, 9.17) is 4.74 Å². The Balaban J connectivity index is 2.35. The second-order valence-corrected chi connectivity index (χ2v) is 9.91. The Morgan fingerprint density at radius 2 is 1.04 bits per heavy atom. The van der Waals surface area contributed by atoms with Crippen LogP contribution in [0.3, 0.4) is 0 Å². The Morgan fingerprint density at radius 3 is 1.33 bits per heavy atom. The molecule has 3 aromatic carbocycles. The first-order valence-electron chi connectivity index (χ1n) is 7.99. The van der Waals surface area contributed by atoms with Crippen LogP contribution in [0.4, 0.5) is 0 Å². The van der Waals surface area contributed by atoms with Gasteiger partial charge in [-0.2, -0.15) is 0 Å². The number of ether oxygens (including phenoxy) is 1. The van der Waals surface area contributed by atoms with Crippen LogP contribution in [0, 0.1) is 0 Å². The Hall–Kier alpha value is -2.65. The Morgan fingerprint density at radius 1 is 0.708 bits per heavy atom. The summed E-state index contributed by atoms with van der Waals surface area (Å²) in [6, 6.07) is 31.1. The molecule has 0 saturated carbocycles. The van der Waals surface area contributed by atoms with Crippen LogP contribution in [0.25, 0.3) is 0 Å². The predicted molar refractivity (Wildman–Crippen MR) is 100 cm³/mol. The van der Waals surface area contributed by atoms with E-state index in [2.05, 4.69) is 36.4 Å². The average Bonchev–Trinajstić information content (AvgIpc) is 2.65. The summed E-state index contributed by atoms with van der Waals surface area (Å²) in [6.45, 7) is 3.64. The monoisotopic (exact) mass is 331 g/mol. The van der Waals surface area contributed by atoms with Gasteiger partial charge in [0.25, 0.3) is 0 Å². The maximum Gasteiger partial charge on any atom is 0.417 e. The zero-order chi connectivity index (χ0) is 16.8. The van der Waals surface area contributed by atoms with E-state index < -0.39 is 8.07 Å². The van der Waals surface area contributed by atoms with Crippen LogP contribution in [0.15, 0.2) is 91.0 Å². The molecule has 0 spiro atoms. The van der Waals surface area contributed by atoms with Crippen molar-refractivity contribution in [2.45, 2.75) is 12.7 Å². The van der Waals surface area contributed by atoms with Crippen molar-refractivity contribution < 1.29 is 9.53 Å². The summed E-state index contributed by atoms with van der Waals surface area (Å²) in [5.41, 5.74) is -0.276. The van der Waals surface area contributed by atoms with E-state index in [0.29, 0.717) is 0 Å². The van der Waals surface area contributed by atoms with Gasteiger partial charge >= 0.3 is 6.47 Å². The largest absolute Gasteiger partial charge is 0.457 e. The van der Waals surface area contributed by atoms with E-state index >= 15 is 0 Å². The van der Waals surface area contributed by atoms with E-state index in [1.165, 1.54) is 15.6 Å². The number of carbonyl (C=O) groups excluding carboxylic acids is 1. The van der Waals surface area contributed by atoms with Crippen molar-refractivity contribution in [3.8, 4) is 0 Å². The molecule has 1 radical (unpaired) electrons. The van der Waals surface area contributed by atoms with E-state index in [1.807, 2.05) is 61.5 Å². The topological polar surface area (TPSA) is 26.3 Å². The van der Waals surface area contributed by atoms with Crippen LogP contribution >= 0.6 is 0 Å². The fourth-order valence-corrected chi connectivity index (χ4v) is 8.26. The van der Waals surface area contributed by atoms with Crippen molar-refractivity contribution >= 4 is 30.1 Å². The molecule has 0 aliphatic heterocycles. The first-order valence-corrected chi connectivity index (χ1v) is 10.1. The molecule has 1 unspecified atom stereocenters. The molecule has 3 aromatic rings. The summed E-state index contributed by atoms with van der Waals surface area (Å²) in [7, 11) is -2.53. The highest BCUT2D eigenvalue weighted by molar-refractivity contribution is 7.12. The van der Waals surface area contributed by atoms with Gasteiger partial charge in [0.05, 0.1) is 0 Å². The minimum absolute atomic E-state index is 0.276. The predicted octanol–water partition coefficient (Wildman–Crippen LogP) is 2.17. The van der Waals surface area contributed by atoms with E-state index in [-0.39, 0.29) is 5.73 Å². The summed E-state index contributed by atoms with van der Waals surface area (Å²) >= 11 is 0. The third kappa shape index (κ3) is 2.79. The first kappa shape index (κ1) is 16.2. The van der Waals surface area contributed by atoms with Crippen LogP contribution in [0.2, 0.25) is 0 Å². The normalized spacial score (nSPS) is 12.4. The van der Waals surface area contributed by atoms with Gasteiger partial charge in [0.1, 0.15) is 5.73 Å². The van der Waals surface area contributed by atoms with Gasteiger partial charge < -0.3 is 4.74 Å². The minimum Gasteiger partial charge on any atom is -0.457 e. The Labute approximate surface area is 143 Å². The van der Waals surface area contributed by atoms with Gasteiger partial charge in [-0.3, -0.25) is 0 Å². The molecule has 0 amide bonds. The van der Waals surface area contributed by atoms with Crippen molar-refractivity contribution in [2.24, 2.45) is 0 Å². The summed E-state index contributed by atoms with van der Waals surface area (Å²) < 4.78 is 5.43. The molecule has 119 valence electrons. The zero-order valence-corrected chi connectivity index (χ0v) is 14.6. The standard InChI is InChI=1S/C21H19O2Si/c1-18(23-17-22)24(19-11-5-2-6-12-19,20-13-7-3-8-14-20)21-15-9-4-10-16-21/h2-16,18H,1H3. The second-order valence-electron chi connectivity index (χ2n) is 5.75. The fraction of sp³-hybridized carbons (Fsp3) is 0.0952. The van der Waals surface area contributed by atoms with Crippen LogP contribution in [-0.4, -0.2) is 20.3 Å². The third-order valence-electron chi connectivity index (χ3n) is 4.52. The van der Waals surface area contributed by atoms with Gasteiger partial charge in [-0.05, 0) is 22.5 Å². The second kappa shape index (κ2) is 7.28. The molecule has 0 saturated heterocycles. The molecule has 0 fully saturated rings. The molecule has 2 nitrogen and oxygen atoms in total. The van der Waals surface area contributed by atoms with Crippen molar-refractivity contribution in [1.82, 2.24) is 0 Å². The molecule has 0 bridgehead atoms. The highest BCUT2D eigenvalue weighted by Gasteiger charge is 2.46. The van der Waals surface area contributed by atoms with E-state index in [9.17, 15) is 4.79 Å². The van der Waals surface area contributed by atoms with Crippen LogP contribution in [0.1, 0.15) is 6.92 Å². The van der Waals surface area contributed by atoms with Gasteiger partial charge in [-0.25, -0.2) is 4.79 Å². The number of hydrogen-bond acceptors (Lipinski definition) is 2. The summed E-state index contributed by atoms with van der Waals surface area (Å²) in [6.07, 6.45) is 0. The minimum atomic E-state index is -2.53. The maximum atomic E-state index is 11.0. The SMILES string of the molecule is CC(O[C]=O)[Si](c1ccccc1)(c1ccccc1)c1ccccc1. The number of hydrogen-bond donors (Lipinski definition) is 0. The highest BCUT2D eigenvalue weighted by Crippen LogP contribution is 2.14. The number of benzene rings is 3. The fourth-order valence-electron chi connectivity index (χ4n) is 3.47.